The van der Waals surface area contributed by atoms with Crippen LogP contribution in [0.2, 0.25) is 0 Å². The number of nitriles is 1. The van der Waals surface area contributed by atoms with E-state index in [1.165, 1.54) is 12.1 Å². The van der Waals surface area contributed by atoms with E-state index in [0.29, 0.717) is 10.6 Å². The lowest BCUT2D eigenvalue weighted by Gasteiger charge is -2.20. The molecule has 2 N–H and O–H groups in total. The Hall–Kier alpha value is -1.88. The molecular weight excluding hydrogens is 306 g/mol. The molecule has 1 aromatic heterocycles. The highest BCUT2D eigenvalue weighted by atomic mass is 32.2. The van der Waals surface area contributed by atoms with Crippen LogP contribution in [-0.4, -0.2) is 15.0 Å². The van der Waals surface area contributed by atoms with Gasteiger partial charge in [0.25, 0.3) is 10.0 Å². The van der Waals surface area contributed by atoms with Crippen molar-refractivity contribution < 1.29 is 8.42 Å². The molecular formula is C14H13N3O2S2. The van der Waals surface area contributed by atoms with Gasteiger partial charge in [0, 0.05) is 6.54 Å². The van der Waals surface area contributed by atoms with Crippen molar-refractivity contribution in [2.75, 3.05) is 11.3 Å². The smallest absolute Gasteiger partial charge is 0.271 e. The van der Waals surface area contributed by atoms with Crippen LogP contribution in [0, 0.1) is 11.3 Å². The Kier molecular flexibility index (Phi) is 3.68. The number of nitrogens with zero attached hydrogens (tertiary/aromatic N) is 1. The van der Waals surface area contributed by atoms with Crippen molar-refractivity contribution in [2.24, 2.45) is 0 Å². The molecule has 1 aliphatic rings. The van der Waals surface area contributed by atoms with E-state index in [9.17, 15) is 8.42 Å². The van der Waals surface area contributed by atoms with Gasteiger partial charge in [0.05, 0.1) is 5.69 Å². The summed E-state index contributed by atoms with van der Waals surface area (Å²) in [5.74, 6) is 0. The van der Waals surface area contributed by atoms with E-state index in [-0.39, 0.29) is 4.21 Å². The minimum Gasteiger partial charge on any atom is -0.312 e. The van der Waals surface area contributed by atoms with E-state index in [0.717, 1.165) is 42.0 Å². The topological polar surface area (TPSA) is 82.0 Å². The molecule has 3 rings (SSSR count). The summed E-state index contributed by atoms with van der Waals surface area (Å²) in [5.41, 5.74) is 2.78. The quantitative estimate of drug-likeness (QED) is 0.907. The summed E-state index contributed by atoms with van der Waals surface area (Å²) in [6.07, 6.45) is 0.794. The van der Waals surface area contributed by atoms with Gasteiger partial charge in [-0.15, -0.1) is 11.3 Å². The van der Waals surface area contributed by atoms with E-state index in [1.54, 1.807) is 6.07 Å². The number of nitrogens with one attached hydrogen (secondary N) is 2. The average Bonchev–Trinajstić information content (AvgIpc) is 2.97. The standard InChI is InChI=1S/C14H13N3O2S2/c15-8-11-4-5-14(20-11)21(18,19)17-13-3-1-2-10-9-16-7-6-12(10)13/h1-5,16-17H,6-7,9H2. The van der Waals surface area contributed by atoms with Crippen LogP contribution in [-0.2, 0) is 23.0 Å². The molecule has 0 bridgehead atoms. The second kappa shape index (κ2) is 5.48. The third-order valence-electron chi connectivity index (χ3n) is 3.34. The maximum Gasteiger partial charge on any atom is 0.271 e. The maximum atomic E-state index is 12.4. The summed E-state index contributed by atoms with van der Waals surface area (Å²) in [4.78, 5) is 0.384. The zero-order valence-electron chi connectivity index (χ0n) is 11.1. The fourth-order valence-corrected chi connectivity index (χ4v) is 4.54. The Morgan fingerprint density at radius 2 is 2.14 bits per heavy atom. The normalized spacial score (nSPS) is 14.2. The summed E-state index contributed by atoms with van der Waals surface area (Å²) in [7, 11) is -3.64. The van der Waals surface area contributed by atoms with Crippen LogP contribution < -0.4 is 10.0 Å². The number of hydrogen-bond donors (Lipinski definition) is 2. The molecule has 7 heteroatoms. The van der Waals surface area contributed by atoms with Crippen LogP contribution in [0.25, 0.3) is 0 Å². The molecule has 1 aliphatic heterocycles. The number of benzene rings is 1. The molecule has 0 aliphatic carbocycles. The van der Waals surface area contributed by atoms with Crippen LogP contribution in [0.1, 0.15) is 16.0 Å². The highest BCUT2D eigenvalue weighted by Crippen LogP contribution is 2.28. The van der Waals surface area contributed by atoms with Gasteiger partial charge in [-0.1, -0.05) is 12.1 Å². The molecule has 0 amide bonds. The molecule has 0 unspecified atom stereocenters. The fraction of sp³-hybridized carbons (Fsp3) is 0.214. The minimum absolute atomic E-state index is 0.158. The van der Waals surface area contributed by atoms with Gasteiger partial charge in [0.15, 0.2) is 0 Å². The molecule has 0 fully saturated rings. The number of fused-ring (bicyclic) bond motifs is 1. The van der Waals surface area contributed by atoms with Gasteiger partial charge >= 0.3 is 0 Å². The fourth-order valence-electron chi connectivity index (χ4n) is 2.35. The number of hydrogen-bond acceptors (Lipinski definition) is 5. The third-order valence-corrected chi connectivity index (χ3v) is 6.19. The monoisotopic (exact) mass is 319 g/mol. The van der Waals surface area contributed by atoms with Gasteiger partial charge in [-0.2, -0.15) is 5.26 Å². The predicted octanol–water partition coefficient (Wildman–Crippen LogP) is 2.07. The van der Waals surface area contributed by atoms with Crippen molar-refractivity contribution in [3.05, 3.63) is 46.3 Å². The Bertz CT molecular complexity index is 819. The molecule has 0 spiro atoms. The Morgan fingerprint density at radius 3 is 2.90 bits per heavy atom. The molecule has 2 heterocycles. The second-order valence-corrected chi connectivity index (χ2v) is 7.70. The van der Waals surface area contributed by atoms with E-state index in [2.05, 4.69) is 10.0 Å². The number of anilines is 1. The summed E-state index contributed by atoms with van der Waals surface area (Å²) in [6, 6.07) is 10.6. The first kappa shape index (κ1) is 14.1. The van der Waals surface area contributed by atoms with Gasteiger partial charge in [0.1, 0.15) is 15.2 Å². The van der Waals surface area contributed by atoms with E-state index in [4.69, 9.17) is 5.26 Å². The second-order valence-electron chi connectivity index (χ2n) is 4.71. The molecule has 0 radical (unpaired) electrons. The highest BCUT2D eigenvalue weighted by Gasteiger charge is 2.20. The number of sulfonamides is 1. The molecule has 5 nitrogen and oxygen atoms in total. The van der Waals surface area contributed by atoms with Crippen molar-refractivity contribution in [1.82, 2.24) is 5.32 Å². The lowest BCUT2D eigenvalue weighted by Crippen LogP contribution is -2.25. The van der Waals surface area contributed by atoms with Crippen LogP contribution in [0.3, 0.4) is 0 Å². The van der Waals surface area contributed by atoms with Crippen LogP contribution >= 0.6 is 11.3 Å². The Balaban J connectivity index is 1.95. The summed E-state index contributed by atoms with van der Waals surface area (Å²) < 4.78 is 27.6. The molecule has 1 aromatic carbocycles. The third kappa shape index (κ3) is 2.78. The zero-order chi connectivity index (χ0) is 14.9. The molecule has 0 saturated carbocycles. The number of thiophene rings is 1. The van der Waals surface area contributed by atoms with Gasteiger partial charge in [0.2, 0.25) is 0 Å². The molecule has 0 atom stereocenters. The first-order valence-corrected chi connectivity index (χ1v) is 8.74. The van der Waals surface area contributed by atoms with Crippen molar-refractivity contribution in [3.8, 4) is 6.07 Å². The lowest BCUT2D eigenvalue weighted by molar-refractivity contribution is 0.602. The first-order valence-electron chi connectivity index (χ1n) is 6.44. The van der Waals surface area contributed by atoms with Gasteiger partial charge in [-0.25, -0.2) is 8.42 Å². The van der Waals surface area contributed by atoms with E-state index in [1.807, 2.05) is 18.2 Å². The molecule has 108 valence electrons. The van der Waals surface area contributed by atoms with Gasteiger partial charge in [-0.05, 0) is 42.3 Å². The lowest BCUT2D eigenvalue weighted by atomic mass is 9.99. The average molecular weight is 319 g/mol. The van der Waals surface area contributed by atoms with E-state index < -0.39 is 10.0 Å². The van der Waals surface area contributed by atoms with Crippen molar-refractivity contribution >= 4 is 27.0 Å². The largest absolute Gasteiger partial charge is 0.312 e. The molecule has 0 saturated heterocycles. The Morgan fingerprint density at radius 1 is 1.29 bits per heavy atom. The molecule has 2 aromatic rings. The predicted molar refractivity (Wildman–Crippen MR) is 81.7 cm³/mol. The SMILES string of the molecule is N#Cc1ccc(S(=O)(=O)Nc2cccc3c2CCNC3)s1. The van der Waals surface area contributed by atoms with Crippen molar-refractivity contribution in [3.63, 3.8) is 0 Å². The van der Waals surface area contributed by atoms with Crippen LogP contribution in [0.4, 0.5) is 5.69 Å². The summed E-state index contributed by atoms with van der Waals surface area (Å²) >= 11 is 0.973. The first-order chi connectivity index (χ1) is 10.1. The number of rotatable bonds is 3. The highest BCUT2D eigenvalue weighted by molar-refractivity contribution is 7.94. The summed E-state index contributed by atoms with van der Waals surface area (Å²) in [5, 5.41) is 12.1. The van der Waals surface area contributed by atoms with Crippen molar-refractivity contribution in [1.29, 1.82) is 5.26 Å². The van der Waals surface area contributed by atoms with Crippen LogP contribution in [0.15, 0.2) is 34.5 Å². The summed E-state index contributed by atoms with van der Waals surface area (Å²) in [6.45, 7) is 1.59. The molecule has 21 heavy (non-hydrogen) atoms. The Labute approximate surface area is 127 Å². The van der Waals surface area contributed by atoms with Gasteiger partial charge in [-0.3, -0.25) is 4.72 Å². The minimum atomic E-state index is -3.64. The van der Waals surface area contributed by atoms with Gasteiger partial charge < -0.3 is 5.32 Å². The van der Waals surface area contributed by atoms with E-state index >= 15 is 0 Å². The van der Waals surface area contributed by atoms with Crippen molar-refractivity contribution in [2.45, 2.75) is 17.2 Å². The zero-order valence-corrected chi connectivity index (χ0v) is 12.7. The maximum absolute atomic E-state index is 12.4. The van der Waals surface area contributed by atoms with Crippen LogP contribution in [0.5, 0.6) is 0 Å².